The Kier molecular flexibility index (Phi) is 8.20. The van der Waals surface area contributed by atoms with Gasteiger partial charge in [-0.25, -0.2) is 9.59 Å². The fourth-order valence-corrected chi connectivity index (χ4v) is 6.16. The van der Waals surface area contributed by atoms with Crippen LogP contribution in [0.4, 0.5) is 13.2 Å². The van der Waals surface area contributed by atoms with Crippen LogP contribution in [-0.2, 0) is 4.79 Å². The summed E-state index contributed by atoms with van der Waals surface area (Å²) in [5.74, 6) is -3.14. The van der Waals surface area contributed by atoms with Gasteiger partial charge in [0.25, 0.3) is 0 Å². The molecule has 0 saturated heterocycles. The fourth-order valence-electron chi connectivity index (χ4n) is 5.05. The molecule has 3 aromatic heterocycles. The Bertz CT molecular complexity index is 1410. The highest BCUT2D eigenvalue weighted by Crippen LogP contribution is 2.48. The van der Waals surface area contributed by atoms with Crippen LogP contribution < -0.4 is 0 Å². The van der Waals surface area contributed by atoms with Gasteiger partial charge in [-0.1, -0.05) is 55.7 Å². The number of nitrogens with zero attached hydrogens (tertiary/aromatic N) is 2. The van der Waals surface area contributed by atoms with Crippen molar-refractivity contribution in [2.45, 2.75) is 57.2 Å². The number of rotatable bonds is 5. The maximum atomic E-state index is 11.9. The summed E-state index contributed by atoms with van der Waals surface area (Å²) in [6, 6.07) is 16.5. The summed E-state index contributed by atoms with van der Waals surface area (Å²) in [7, 11) is 0. The van der Waals surface area contributed by atoms with E-state index in [9.17, 15) is 23.1 Å². The quantitative estimate of drug-likeness (QED) is 0.268. The molecule has 1 aliphatic carbocycles. The van der Waals surface area contributed by atoms with E-state index in [2.05, 4.69) is 46.8 Å². The first-order valence-corrected chi connectivity index (χ1v) is 13.1. The third kappa shape index (κ3) is 5.75. The summed E-state index contributed by atoms with van der Waals surface area (Å²) in [5.41, 5.74) is 5.92. The Morgan fingerprint density at radius 1 is 1.05 bits per heavy atom. The number of aromatic nitrogens is 2. The van der Waals surface area contributed by atoms with E-state index in [0.717, 1.165) is 15.8 Å². The van der Waals surface area contributed by atoms with Crippen LogP contribution in [0.15, 0.2) is 60.9 Å². The zero-order chi connectivity index (χ0) is 27.4. The molecule has 38 heavy (non-hydrogen) atoms. The van der Waals surface area contributed by atoms with Crippen molar-refractivity contribution in [3.8, 4) is 11.3 Å². The van der Waals surface area contributed by atoms with Crippen molar-refractivity contribution in [2.75, 3.05) is 0 Å². The molecule has 1 aliphatic rings. The van der Waals surface area contributed by atoms with Crippen molar-refractivity contribution in [1.29, 1.82) is 0 Å². The predicted octanol–water partition coefficient (Wildman–Crippen LogP) is 7.75. The minimum Gasteiger partial charge on any atom is -0.477 e. The molecule has 1 unspecified atom stereocenters. The van der Waals surface area contributed by atoms with Crippen molar-refractivity contribution in [2.24, 2.45) is 0 Å². The summed E-state index contributed by atoms with van der Waals surface area (Å²) in [5, 5.41) is 16.9. The van der Waals surface area contributed by atoms with Gasteiger partial charge in [0.05, 0.1) is 22.0 Å². The number of pyridine rings is 1. The molecular weight excluding hydrogens is 517 g/mol. The van der Waals surface area contributed by atoms with E-state index in [4.69, 9.17) is 9.90 Å². The first-order chi connectivity index (χ1) is 18.1. The molecule has 4 aromatic rings. The maximum absolute atomic E-state index is 11.9. The van der Waals surface area contributed by atoms with E-state index < -0.39 is 18.1 Å². The smallest absolute Gasteiger partial charge is 0.477 e. The van der Waals surface area contributed by atoms with Crippen LogP contribution in [0.5, 0.6) is 0 Å². The van der Waals surface area contributed by atoms with E-state index in [-0.39, 0.29) is 6.04 Å². The minimum atomic E-state index is -5.08. The van der Waals surface area contributed by atoms with Crippen LogP contribution >= 0.6 is 11.3 Å². The first kappa shape index (κ1) is 27.4. The van der Waals surface area contributed by atoms with Crippen molar-refractivity contribution >= 4 is 33.5 Å². The lowest BCUT2D eigenvalue weighted by Crippen LogP contribution is -2.21. The molecule has 3 heterocycles. The average molecular weight is 545 g/mol. The molecule has 1 atom stereocenters. The first-order valence-electron chi connectivity index (χ1n) is 12.3. The number of thiophene rings is 1. The van der Waals surface area contributed by atoms with Gasteiger partial charge in [-0.2, -0.15) is 13.2 Å². The zero-order valence-electron chi connectivity index (χ0n) is 20.6. The number of alkyl halides is 3. The van der Waals surface area contributed by atoms with E-state index in [0.29, 0.717) is 10.8 Å². The lowest BCUT2D eigenvalue weighted by Gasteiger charge is -2.25. The molecule has 1 fully saturated rings. The molecule has 6 nitrogen and oxygen atoms in total. The maximum Gasteiger partial charge on any atom is 0.490 e. The second kappa shape index (κ2) is 11.4. The molecule has 0 amide bonds. The number of halogens is 3. The number of aliphatic carboxylic acids is 1. The number of carboxylic acids is 2. The average Bonchev–Trinajstić information content (AvgIpc) is 3.47. The molecule has 10 heteroatoms. The third-order valence-corrected chi connectivity index (χ3v) is 7.93. The molecule has 1 saturated carbocycles. The van der Waals surface area contributed by atoms with Gasteiger partial charge in [-0.15, -0.1) is 11.3 Å². The largest absolute Gasteiger partial charge is 0.490 e. The van der Waals surface area contributed by atoms with Gasteiger partial charge in [0.15, 0.2) is 0 Å². The van der Waals surface area contributed by atoms with Crippen molar-refractivity contribution in [3.63, 3.8) is 0 Å². The highest BCUT2D eigenvalue weighted by molar-refractivity contribution is 7.21. The van der Waals surface area contributed by atoms with E-state index >= 15 is 0 Å². The predicted molar refractivity (Wildman–Crippen MR) is 140 cm³/mol. The molecule has 0 spiro atoms. The number of fused-ring (bicyclic) bond motifs is 1. The van der Waals surface area contributed by atoms with Gasteiger partial charge in [0, 0.05) is 12.4 Å². The molecule has 0 bridgehead atoms. The summed E-state index contributed by atoms with van der Waals surface area (Å²) in [6.45, 7) is 2.19. The number of hydrogen-bond acceptors (Lipinski definition) is 4. The second-order valence-corrected chi connectivity index (χ2v) is 10.3. The molecule has 0 aliphatic heterocycles. The van der Waals surface area contributed by atoms with Crippen molar-refractivity contribution < 1.29 is 33.0 Å². The topological polar surface area (TPSA) is 92.4 Å². The molecule has 5 rings (SSSR count). The van der Waals surface area contributed by atoms with Gasteiger partial charge in [-0.3, -0.25) is 4.98 Å². The number of hydrogen-bond donors (Lipinski definition) is 2. The Hall–Kier alpha value is -3.66. The normalized spacial score (nSPS) is 15.1. The summed E-state index contributed by atoms with van der Waals surface area (Å²) < 4.78 is 35.2. The number of carbonyl (C=O) groups is 2. The van der Waals surface area contributed by atoms with Crippen LogP contribution in [-0.4, -0.2) is 37.9 Å². The lowest BCUT2D eigenvalue weighted by atomic mass is 9.83. The van der Waals surface area contributed by atoms with Crippen LogP contribution in [0.3, 0.4) is 0 Å². The molecule has 0 radical (unpaired) electrons. The van der Waals surface area contributed by atoms with Gasteiger partial charge < -0.3 is 14.8 Å². The van der Waals surface area contributed by atoms with Gasteiger partial charge >= 0.3 is 18.1 Å². The minimum absolute atomic E-state index is 0.0417. The van der Waals surface area contributed by atoms with Gasteiger partial charge in [0.1, 0.15) is 4.88 Å². The third-order valence-electron chi connectivity index (χ3n) is 6.78. The second-order valence-electron chi connectivity index (χ2n) is 9.23. The van der Waals surface area contributed by atoms with Gasteiger partial charge in [-0.05, 0) is 54.5 Å². The molecule has 2 N–H and O–H groups in total. The van der Waals surface area contributed by atoms with E-state index in [1.807, 2.05) is 24.4 Å². The SMILES string of the molecule is CC(c1cccnc1)n1c(-c2ccccc2)c(C2CCCCC2)c2sc(C(=O)O)cc21.O=C(O)C(F)(F)F. The highest BCUT2D eigenvalue weighted by Gasteiger charge is 2.38. The summed E-state index contributed by atoms with van der Waals surface area (Å²) >= 11 is 1.43. The Morgan fingerprint density at radius 3 is 2.26 bits per heavy atom. The van der Waals surface area contributed by atoms with E-state index in [1.54, 1.807) is 6.20 Å². The van der Waals surface area contributed by atoms with Crippen molar-refractivity contribution in [3.05, 3.63) is 76.9 Å². The zero-order valence-corrected chi connectivity index (χ0v) is 21.4. The number of benzene rings is 1. The Balaban J connectivity index is 0.000000426. The summed E-state index contributed by atoms with van der Waals surface area (Å²) in [6.07, 6.45) is 4.72. The standard InChI is InChI=1S/C26H26N2O2S.C2HF3O2/c1-17(20-13-8-14-27-16-20)28-21-15-22(26(29)30)31-25(21)23(18-9-4-2-5-10-18)24(28)19-11-6-3-7-12-19;3-2(4,5)1(6)7/h3,6-8,11-18H,2,4-5,9-10H2,1H3,(H,29,30);(H,6,7). The lowest BCUT2D eigenvalue weighted by molar-refractivity contribution is -0.192. The monoisotopic (exact) mass is 544 g/mol. The van der Waals surface area contributed by atoms with Crippen LogP contribution in [0.25, 0.3) is 21.5 Å². The van der Waals surface area contributed by atoms with Crippen LogP contribution in [0, 0.1) is 0 Å². The highest BCUT2D eigenvalue weighted by atomic mass is 32.1. The number of aromatic carboxylic acids is 1. The molecular formula is C28H27F3N2O4S. The van der Waals surface area contributed by atoms with E-state index in [1.165, 1.54) is 60.3 Å². The van der Waals surface area contributed by atoms with Crippen LogP contribution in [0.2, 0.25) is 0 Å². The molecule has 1 aromatic carbocycles. The summed E-state index contributed by atoms with van der Waals surface area (Å²) in [4.78, 5) is 25.5. The fraction of sp³-hybridized carbons (Fsp3) is 0.321. The van der Waals surface area contributed by atoms with Gasteiger partial charge in [0.2, 0.25) is 0 Å². The Labute approximate surface area is 221 Å². The Morgan fingerprint density at radius 2 is 1.71 bits per heavy atom. The van der Waals surface area contributed by atoms with Crippen LogP contribution in [0.1, 0.15) is 71.8 Å². The van der Waals surface area contributed by atoms with Crippen molar-refractivity contribution in [1.82, 2.24) is 9.55 Å². The molecule has 200 valence electrons. The number of carboxylic acid groups (broad SMARTS) is 2.